The number of fused-ring (bicyclic) bond motifs is 1. The van der Waals surface area contributed by atoms with Gasteiger partial charge >= 0.3 is 5.92 Å². The van der Waals surface area contributed by atoms with Crippen molar-refractivity contribution in [3.63, 3.8) is 0 Å². The first-order chi connectivity index (χ1) is 19.5. The number of alkyl halides is 2. The highest BCUT2D eigenvalue weighted by Gasteiger charge is 2.46. The fraction of sp³-hybridized carbons (Fsp3) is 0.483. The van der Waals surface area contributed by atoms with Crippen molar-refractivity contribution in [2.75, 3.05) is 39.5 Å². The van der Waals surface area contributed by atoms with Gasteiger partial charge in [-0.15, -0.1) is 0 Å². The summed E-state index contributed by atoms with van der Waals surface area (Å²) in [7, 11) is 0. The maximum Gasteiger partial charge on any atom is 0.380 e. The second kappa shape index (κ2) is 12.4. The van der Waals surface area contributed by atoms with Gasteiger partial charge in [0.05, 0.1) is 11.1 Å². The normalized spacial score (nSPS) is 19.3. The highest BCUT2D eigenvalue weighted by Crippen LogP contribution is 2.35. The van der Waals surface area contributed by atoms with Gasteiger partial charge in [0.15, 0.2) is 5.76 Å². The molecule has 0 spiro atoms. The number of amides is 1. The molecule has 1 amide bonds. The molecule has 2 aromatic carbocycles. The summed E-state index contributed by atoms with van der Waals surface area (Å²) in [5.74, 6) is -6.21. The Morgan fingerprint density at radius 2 is 1.85 bits per heavy atom. The van der Waals surface area contributed by atoms with Gasteiger partial charge in [0.1, 0.15) is 29.6 Å². The van der Waals surface area contributed by atoms with E-state index in [1.54, 1.807) is 6.07 Å². The zero-order valence-corrected chi connectivity index (χ0v) is 23.8. The number of likely N-dealkylation sites (tertiary alicyclic amines) is 1. The van der Waals surface area contributed by atoms with Gasteiger partial charge in [-0.2, -0.15) is 8.78 Å². The van der Waals surface area contributed by atoms with Gasteiger partial charge in [0.2, 0.25) is 0 Å². The second-order valence-corrected chi connectivity index (χ2v) is 11.6. The number of rotatable bonds is 10. The smallest absolute Gasteiger partial charge is 0.380 e. The van der Waals surface area contributed by atoms with Crippen LogP contribution in [0.4, 0.5) is 8.78 Å². The van der Waals surface area contributed by atoms with Crippen LogP contribution in [0.3, 0.4) is 0 Å². The number of furan rings is 1. The van der Waals surface area contributed by atoms with Crippen LogP contribution in [0, 0.1) is 0 Å². The van der Waals surface area contributed by atoms with Gasteiger partial charge in [0.25, 0.3) is 5.91 Å². The number of benzene rings is 2. The lowest BCUT2D eigenvalue weighted by Gasteiger charge is -2.32. The second-order valence-electron chi connectivity index (χ2n) is 10.7. The first-order valence-corrected chi connectivity index (χ1v) is 14.3. The molecule has 0 unspecified atom stereocenters. The topological polar surface area (TPSA) is 104 Å². The van der Waals surface area contributed by atoms with Crippen molar-refractivity contribution in [1.82, 2.24) is 10.2 Å². The molecule has 3 N–H and O–H groups in total. The lowest BCUT2D eigenvalue weighted by Crippen LogP contribution is -2.50. The average Bonchev–Trinajstić information content (AvgIpc) is 3.62. The van der Waals surface area contributed by atoms with E-state index in [-0.39, 0.29) is 29.5 Å². The minimum absolute atomic E-state index is 0.0293. The van der Waals surface area contributed by atoms with Crippen molar-refractivity contribution in [2.45, 2.75) is 49.4 Å². The minimum Gasteiger partial charge on any atom is -0.489 e. The average molecular weight is 613 g/mol. The Labute approximate surface area is 246 Å². The van der Waals surface area contributed by atoms with E-state index in [2.05, 4.69) is 5.32 Å². The predicted octanol–water partition coefficient (Wildman–Crippen LogP) is 5.07. The lowest BCUT2D eigenvalue weighted by molar-refractivity contribution is -0.151. The standard InChI is InChI=1S/C29H32Cl2F2N2O6/c30-20-4-6-23-19(13-20)15-25(41-23)29(32,33)27(37)34-22(16-35-9-1-2-10-35)26(36)18-3-5-21(31)24(14-18)40-17-28(38)7-11-39-12-8-28/h3-6,13-15,22,26,36,38H,1-2,7-12,16-17H2,(H,34,37)/t22-,26-/m1/s1. The number of carbonyl (C=O) groups excluding carboxylic acids is 1. The molecule has 2 fully saturated rings. The first-order valence-electron chi connectivity index (χ1n) is 13.6. The van der Waals surface area contributed by atoms with E-state index in [0.717, 1.165) is 32.0 Å². The number of hydrogen-bond acceptors (Lipinski definition) is 7. The van der Waals surface area contributed by atoms with Crippen LogP contribution >= 0.6 is 23.2 Å². The van der Waals surface area contributed by atoms with E-state index in [9.17, 15) is 15.0 Å². The molecule has 2 aliphatic heterocycles. The van der Waals surface area contributed by atoms with E-state index in [4.69, 9.17) is 37.1 Å². The van der Waals surface area contributed by atoms with E-state index < -0.39 is 35.3 Å². The summed E-state index contributed by atoms with van der Waals surface area (Å²) >= 11 is 12.3. The molecule has 0 radical (unpaired) electrons. The molecule has 0 aliphatic carbocycles. The Morgan fingerprint density at radius 1 is 1.12 bits per heavy atom. The Morgan fingerprint density at radius 3 is 2.59 bits per heavy atom. The van der Waals surface area contributed by atoms with Crippen LogP contribution in [-0.4, -0.2) is 72.1 Å². The molecule has 2 aliphatic rings. The number of halogens is 4. The molecule has 41 heavy (non-hydrogen) atoms. The number of aliphatic hydroxyl groups excluding tert-OH is 1. The van der Waals surface area contributed by atoms with Gasteiger partial charge in [0, 0.05) is 43.0 Å². The van der Waals surface area contributed by atoms with Crippen molar-refractivity contribution < 1.29 is 37.7 Å². The molecule has 3 aromatic rings. The number of nitrogens with zero attached hydrogens (tertiary/aromatic N) is 1. The number of hydrogen-bond donors (Lipinski definition) is 3. The van der Waals surface area contributed by atoms with Crippen molar-refractivity contribution >= 4 is 40.1 Å². The maximum atomic E-state index is 15.4. The van der Waals surface area contributed by atoms with Crippen LogP contribution in [-0.2, 0) is 15.5 Å². The largest absolute Gasteiger partial charge is 0.489 e. The summed E-state index contributed by atoms with van der Waals surface area (Å²) in [4.78, 5) is 15.0. The maximum absolute atomic E-state index is 15.4. The van der Waals surface area contributed by atoms with Crippen LogP contribution < -0.4 is 10.1 Å². The Bertz CT molecular complexity index is 1370. The summed E-state index contributed by atoms with van der Waals surface area (Å²) in [6, 6.07) is 9.00. The monoisotopic (exact) mass is 612 g/mol. The van der Waals surface area contributed by atoms with Gasteiger partial charge in [-0.25, -0.2) is 0 Å². The third kappa shape index (κ3) is 6.96. The highest BCUT2D eigenvalue weighted by molar-refractivity contribution is 6.32. The number of nitrogens with one attached hydrogen (secondary N) is 1. The van der Waals surface area contributed by atoms with Crippen LogP contribution in [0.25, 0.3) is 11.0 Å². The third-order valence-electron chi connectivity index (χ3n) is 7.64. The summed E-state index contributed by atoms with van der Waals surface area (Å²) in [6.07, 6.45) is 1.31. The van der Waals surface area contributed by atoms with Gasteiger partial charge in [-0.1, -0.05) is 29.3 Å². The van der Waals surface area contributed by atoms with Crippen LogP contribution in [0.2, 0.25) is 10.0 Å². The van der Waals surface area contributed by atoms with Crippen LogP contribution in [0.1, 0.15) is 43.1 Å². The van der Waals surface area contributed by atoms with Crippen molar-refractivity contribution in [2.24, 2.45) is 0 Å². The highest BCUT2D eigenvalue weighted by atomic mass is 35.5. The Balaban J connectivity index is 1.35. The summed E-state index contributed by atoms with van der Waals surface area (Å²) in [6.45, 7) is 2.39. The fourth-order valence-electron chi connectivity index (χ4n) is 5.16. The van der Waals surface area contributed by atoms with Crippen molar-refractivity contribution in [1.29, 1.82) is 0 Å². The molecule has 5 rings (SSSR count). The van der Waals surface area contributed by atoms with E-state index in [0.29, 0.717) is 42.0 Å². The zero-order valence-electron chi connectivity index (χ0n) is 22.3. The fourth-order valence-corrected chi connectivity index (χ4v) is 5.51. The summed E-state index contributed by atoms with van der Waals surface area (Å²) in [5.41, 5.74) is -0.588. The molecular weight excluding hydrogens is 581 g/mol. The molecule has 2 saturated heterocycles. The zero-order chi connectivity index (χ0) is 29.2. The SMILES string of the molecule is O=C(N[C@H](CN1CCCC1)[C@H](O)c1ccc(Cl)c(OCC2(O)CCOCC2)c1)C(F)(F)c1cc2cc(Cl)ccc2o1. The number of ether oxygens (including phenoxy) is 2. The molecule has 0 bridgehead atoms. The summed E-state index contributed by atoms with van der Waals surface area (Å²) < 4.78 is 47.1. The van der Waals surface area contributed by atoms with Gasteiger partial charge < -0.3 is 34.3 Å². The van der Waals surface area contributed by atoms with Crippen LogP contribution in [0.5, 0.6) is 5.75 Å². The number of aliphatic hydroxyl groups is 2. The lowest BCUT2D eigenvalue weighted by atomic mass is 9.95. The molecule has 8 nitrogen and oxygen atoms in total. The molecule has 0 saturated carbocycles. The molecule has 3 heterocycles. The summed E-state index contributed by atoms with van der Waals surface area (Å²) in [5, 5.41) is 25.4. The quantitative estimate of drug-likeness (QED) is 0.294. The Hall–Kier alpha value is -2.47. The molecule has 2 atom stereocenters. The van der Waals surface area contributed by atoms with E-state index in [1.807, 2.05) is 4.90 Å². The van der Waals surface area contributed by atoms with Crippen molar-refractivity contribution in [3.05, 3.63) is 63.8 Å². The van der Waals surface area contributed by atoms with E-state index >= 15 is 8.78 Å². The van der Waals surface area contributed by atoms with Gasteiger partial charge in [-0.3, -0.25) is 4.79 Å². The third-order valence-corrected chi connectivity index (χ3v) is 8.19. The van der Waals surface area contributed by atoms with E-state index in [1.165, 1.54) is 30.3 Å². The predicted molar refractivity (Wildman–Crippen MR) is 150 cm³/mol. The molecular formula is C29H32Cl2F2N2O6. The minimum atomic E-state index is -4.01. The molecule has 222 valence electrons. The number of carbonyl (C=O) groups is 1. The van der Waals surface area contributed by atoms with Crippen LogP contribution in [0.15, 0.2) is 46.9 Å². The Kier molecular flexibility index (Phi) is 9.08. The molecule has 1 aromatic heterocycles. The van der Waals surface area contributed by atoms with Gasteiger partial charge in [-0.05, 0) is 67.9 Å². The first kappa shape index (κ1) is 30.0. The van der Waals surface area contributed by atoms with Crippen molar-refractivity contribution in [3.8, 4) is 5.75 Å². The molecule has 12 heteroatoms.